The van der Waals surface area contributed by atoms with Gasteiger partial charge in [-0.2, -0.15) is 0 Å². The molecular formula is C15H20N2O3. The van der Waals surface area contributed by atoms with Crippen LogP contribution in [0.1, 0.15) is 13.3 Å². The maximum Gasteiger partial charge on any atom is 0.243 e. The monoisotopic (exact) mass is 276 g/mol. The van der Waals surface area contributed by atoms with Crippen LogP contribution in [0.2, 0.25) is 0 Å². The first-order valence-electron chi connectivity index (χ1n) is 6.70. The van der Waals surface area contributed by atoms with Gasteiger partial charge in [-0.1, -0.05) is 13.0 Å². The second-order valence-corrected chi connectivity index (χ2v) is 5.29. The summed E-state index contributed by atoms with van der Waals surface area (Å²) in [5, 5.41) is 2.76. The minimum absolute atomic E-state index is 0.0540. The van der Waals surface area contributed by atoms with Crippen molar-refractivity contribution in [2.75, 3.05) is 26.0 Å². The minimum Gasteiger partial charge on any atom is -0.497 e. The predicted octanol–water partition coefficient (Wildman–Crippen LogP) is 1.75. The first-order valence-corrected chi connectivity index (χ1v) is 6.70. The number of carbonyl (C=O) groups is 2. The van der Waals surface area contributed by atoms with Crippen molar-refractivity contribution >= 4 is 17.5 Å². The Labute approximate surface area is 118 Å². The van der Waals surface area contributed by atoms with E-state index in [0.29, 0.717) is 17.4 Å². The van der Waals surface area contributed by atoms with Gasteiger partial charge >= 0.3 is 0 Å². The van der Waals surface area contributed by atoms with Crippen LogP contribution in [0.4, 0.5) is 5.69 Å². The van der Waals surface area contributed by atoms with E-state index in [2.05, 4.69) is 5.32 Å². The Morgan fingerprint density at radius 1 is 1.45 bits per heavy atom. The molecule has 1 aliphatic carbocycles. The Kier molecular flexibility index (Phi) is 4.27. The van der Waals surface area contributed by atoms with Crippen molar-refractivity contribution in [2.45, 2.75) is 13.3 Å². The van der Waals surface area contributed by atoms with Crippen LogP contribution in [0.3, 0.4) is 0 Å². The Morgan fingerprint density at radius 3 is 2.75 bits per heavy atom. The molecule has 108 valence electrons. The van der Waals surface area contributed by atoms with E-state index in [4.69, 9.17) is 4.74 Å². The van der Waals surface area contributed by atoms with Gasteiger partial charge in [0.25, 0.3) is 0 Å². The van der Waals surface area contributed by atoms with Gasteiger partial charge in [0.1, 0.15) is 5.75 Å². The van der Waals surface area contributed by atoms with Gasteiger partial charge in [-0.15, -0.1) is 0 Å². The lowest BCUT2D eigenvalue weighted by molar-refractivity contribution is -0.134. The Balaban J connectivity index is 1.86. The molecule has 1 saturated carbocycles. The van der Waals surface area contributed by atoms with Crippen molar-refractivity contribution in [3.05, 3.63) is 24.3 Å². The van der Waals surface area contributed by atoms with Gasteiger partial charge in [0, 0.05) is 24.7 Å². The molecule has 0 radical (unpaired) electrons. The first kappa shape index (κ1) is 14.4. The molecule has 0 aliphatic heterocycles. The molecular weight excluding hydrogens is 256 g/mol. The van der Waals surface area contributed by atoms with Crippen LogP contribution in [0.5, 0.6) is 5.75 Å². The van der Waals surface area contributed by atoms with Gasteiger partial charge in [-0.3, -0.25) is 9.59 Å². The van der Waals surface area contributed by atoms with E-state index < -0.39 is 0 Å². The van der Waals surface area contributed by atoms with Crippen molar-refractivity contribution in [1.82, 2.24) is 4.90 Å². The molecule has 1 aromatic rings. The summed E-state index contributed by atoms with van der Waals surface area (Å²) in [6.45, 7) is 2.12. The van der Waals surface area contributed by atoms with Gasteiger partial charge in [0.15, 0.2) is 0 Å². The minimum atomic E-state index is -0.206. The first-order chi connectivity index (χ1) is 9.51. The second kappa shape index (κ2) is 5.94. The van der Waals surface area contributed by atoms with Crippen LogP contribution < -0.4 is 10.1 Å². The van der Waals surface area contributed by atoms with Crippen LogP contribution in [0.15, 0.2) is 24.3 Å². The van der Waals surface area contributed by atoms with E-state index in [0.717, 1.165) is 6.42 Å². The normalized spacial score (nSPS) is 20.1. The molecule has 0 spiro atoms. The number of benzene rings is 1. The zero-order valence-electron chi connectivity index (χ0n) is 12.1. The molecule has 20 heavy (non-hydrogen) atoms. The number of hydrogen-bond acceptors (Lipinski definition) is 3. The number of carbonyl (C=O) groups excluding carboxylic acids is 2. The maximum atomic E-state index is 11.9. The summed E-state index contributed by atoms with van der Waals surface area (Å²) in [6.07, 6.45) is 0.931. The van der Waals surface area contributed by atoms with Gasteiger partial charge in [0.2, 0.25) is 11.8 Å². The number of nitrogens with zero attached hydrogens (tertiary/aromatic N) is 1. The highest BCUT2D eigenvalue weighted by Crippen LogP contribution is 2.38. The van der Waals surface area contributed by atoms with Crippen molar-refractivity contribution in [3.8, 4) is 5.75 Å². The number of ether oxygens (including phenoxy) is 1. The van der Waals surface area contributed by atoms with Crippen molar-refractivity contribution in [3.63, 3.8) is 0 Å². The van der Waals surface area contributed by atoms with Gasteiger partial charge in [0.05, 0.1) is 13.7 Å². The molecule has 0 bridgehead atoms. The van der Waals surface area contributed by atoms with Crippen LogP contribution in [-0.4, -0.2) is 37.4 Å². The summed E-state index contributed by atoms with van der Waals surface area (Å²) < 4.78 is 5.09. The molecule has 1 aliphatic rings. The summed E-state index contributed by atoms with van der Waals surface area (Å²) in [4.78, 5) is 25.3. The maximum absolute atomic E-state index is 11.9. The van der Waals surface area contributed by atoms with Crippen LogP contribution in [0, 0.1) is 11.8 Å². The van der Waals surface area contributed by atoms with E-state index in [1.54, 1.807) is 38.4 Å². The fraction of sp³-hybridized carbons (Fsp3) is 0.467. The Morgan fingerprint density at radius 2 is 2.15 bits per heavy atom. The summed E-state index contributed by atoms with van der Waals surface area (Å²) in [6, 6.07) is 7.13. The zero-order chi connectivity index (χ0) is 14.7. The topological polar surface area (TPSA) is 58.6 Å². The van der Waals surface area contributed by atoms with Gasteiger partial charge in [-0.25, -0.2) is 0 Å². The Bertz CT molecular complexity index is 516. The lowest BCUT2D eigenvalue weighted by Gasteiger charge is -2.17. The van der Waals surface area contributed by atoms with Gasteiger partial charge in [-0.05, 0) is 24.5 Å². The lowest BCUT2D eigenvalue weighted by Crippen LogP contribution is -2.36. The number of nitrogens with one attached hydrogen (secondary N) is 1. The standard InChI is InChI=1S/C15H20N2O3/c1-10-7-13(10)15(19)17(2)9-14(18)16-11-5-4-6-12(8-11)20-3/h4-6,8,10,13H,7,9H2,1-3H3,(H,16,18). The number of likely N-dealkylation sites (N-methyl/N-ethyl adjacent to an activating group) is 1. The Hall–Kier alpha value is -2.04. The number of anilines is 1. The molecule has 2 atom stereocenters. The smallest absolute Gasteiger partial charge is 0.243 e. The largest absolute Gasteiger partial charge is 0.497 e. The third-order valence-electron chi connectivity index (χ3n) is 3.54. The number of rotatable bonds is 5. The van der Waals surface area contributed by atoms with Crippen molar-refractivity contribution < 1.29 is 14.3 Å². The van der Waals surface area contributed by atoms with Crippen molar-refractivity contribution in [2.24, 2.45) is 11.8 Å². The molecule has 2 rings (SSSR count). The molecule has 5 nitrogen and oxygen atoms in total. The molecule has 1 fully saturated rings. The highest BCUT2D eigenvalue weighted by molar-refractivity contribution is 5.95. The number of methoxy groups -OCH3 is 1. The molecule has 2 unspecified atom stereocenters. The van der Waals surface area contributed by atoms with Gasteiger partial charge < -0.3 is 15.0 Å². The second-order valence-electron chi connectivity index (χ2n) is 5.29. The summed E-state index contributed by atoms with van der Waals surface area (Å²) in [7, 11) is 3.24. The quantitative estimate of drug-likeness (QED) is 0.891. The average Bonchev–Trinajstić information content (AvgIpc) is 3.14. The molecule has 1 N–H and O–H groups in total. The molecule has 1 aromatic carbocycles. The highest BCUT2D eigenvalue weighted by atomic mass is 16.5. The van der Waals surface area contributed by atoms with E-state index in [-0.39, 0.29) is 24.3 Å². The van der Waals surface area contributed by atoms with Crippen LogP contribution in [0.25, 0.3) is 0 Å². The average molecular weight is 276 g/mol. The predicted molar refractivity (Wildman–Crippen MR) is 76.5 cm³/mol. The number of amides is 2. The van der Waals surface area contributed by atoms with E-state index in [9.17, 15) is 9.59 Å². The number of hydrogen-bond donors (Lipinski definition) is 1. The van der Waals surface area contributed by atoms with Crippen LogP contribution in [-0.2, 0) is 9.59 Å². The van der Waals surface area contributed by atoms with Crippen molar-refractivity contribution in [1.29, 1.82) is 0 Å². The third-order valence-corrected chi connectivity index (χ3v) is 3.54. The molecule has 2 amide bonds. The fourth-order valence-corrected chi connectivity index (χ4v) is 2.14. The fourth-order valence-electron chi connectivity index (χ4n) is 2.14. The van der Waals surface area contributed by atoms with E-state index >= 15 is 0 Å². The molecule has 0 aromatic heterocycles. The summed E-state index contributed by atoms with van der Waals surface area (Å²) >= 11 is 0. The molecule has 0 saturated heterocycles. The van der Waals surface area contributed by atoms with E-state index in [1.807, 2.05) is 6.92 Å². The van der Waals surface area contributed by atoms with E-state index in [1.165, 1.54) is 4.90 Å². The summed E-state index contributed by atoms with van der Waals surface area (Å²) in [5.74, 6) is 1.08. The molecule has 0 heterocycles. The summed E-state index contributed by atoms with van der Waals surface area (Å²) in [5.41, 5.74) is 0.662. The highest BCUT2D eigenvalue weighted by Gasteiger charge is 2.40. The third kappa shape index (κ3) is 3.50. The lowest BCUT2D eigenvalue weighted by atomic mass is 10.3. The SMILES string of the molecule is COc1cccc(NC(=O)CN(C)C(=O)C2CC2C)c1. The molecule has 5 heteroatoms. The zero-order valence-corrected chi connectivity index (χ0v) is 12.1. The van der Waals surface area contributed by atoms with Crippen LogP contribution >= 0.6 is 0 Å².